The number of thiazole rings is 1. The third-order valence-electron chi connectivity index (χ3n) is 4.15. The zero-order valence-electron chi connectivity index (χ0n) is 16.2. The maximum absolute atomic E-state index is 14.5. The summed E-state index contributed by atoms with van der Waals surface area (Å²) in [5.74, 6) is -1.97. The van der Waals surface area contributed by atoms with Crippen LogP contribution in [0.3, 0.4) is 0 Å². The molecule has 1 aromatic carbocycles. The van der Waals surface area contributed by atoms with E-state index in [1.54, 1.807) is 0 Å². The van der Waals surface area contributed by atoms with Crippen LogP contribution in [-0.4, -0.2) is 27.2 Å². The standard InChI is InChI=1S/C18H12ClF4N3O5S/c1-25-13(18(21,22)23)5-15(27)26(17(25)29)11-4-12(8(19)3-9(11)20)31-6-14-24-10(7-32-14)16(28)30-2/h3-5,7H,6H2,1-2H3. The maximum atomic E-state index is 14.5. The van der Waals surface area contributed by atoms with Crippen molar-refractivity contribution in [3.8, 4) is 11.4 Å². The Balaban J connectivity index is 2.00. The summed E-state index contributed by atoms with van der Waals surface area (Å²) in [6.07, 6.45) is -4.96. The number of carbonyl (C=O) groups is 1. The van der Waals surface area contributed by atoms with Crippen molar-refractivity contribution in [3.05, 3.63) is 71.7 Å². The summed E-state index contributed by atoms with van der Waals surface area (Å²) in [4.78, 5) is 40.1. The topological polar surface area (TPSA) is 92.4 Å². The lowest BCUT2D eigenvalue weighted by molar-refractivity contribution is -0.144. The van der Waals surface area contributed by atoms with E-state index in [-0.39, 0.29) is 38.3 Å². The SMILES string of the molecule is COC(=O)c1csc(COc2cc(-n3c(=O)cc(C(F)(F)F)n(C)c3=O)c(F)cc2Cl)n1. The normalized spacial score (nSPS) is 11.5. The number of nitrogens with zero attached hydrogens (tertiary/aromatic N) is 3. The summed E-state index contributed by atoms with van der Waals surface area (Å²) in [7, 11) is 1.98. The van der Waals surface area contributed by atoms with Gasteiger partial charge in [-0.05, 0) is 6.07 Å². The highest BCUT2D eigenvalue weighted by Crippen LogP contribution is 2.31. The second-order valence-corrected chi connectivity index (χ2v) is 7.53. The van der Waals surface area contributed by atoms with Gasteiger partial charge in [0.05, 0.1) is 17.8 Å². The molecule has 2 heterocycles. The molecular formula is C18H12ClF4N3O5S. The molecule has 0 unspecified atom stereocenters. The smallest absolute Gasteiger partial charge is 0.431 e. The van der Waals surface area contributed by atoms with E-state index in [0.717, 1.165) is 30.5 Å². The van der Waals surface area contributed by atoms with Crippen molar-refractivity contribution in [1.29, 1.82) is 0 Å². The number of methoxy groups -OCH3 is 1. The molecule has 2 aromatic heterocycles. The molecule has 0 bridgehead atoms. The van der Waals surface area contributed by atoms with Crippen LogP contribution >= 0.6 is 22.9 Å². The molecule has 0 fully saturated rings. The third-order valence-corrected chi connectivity index (χ3v) is 5.27. The third kappa shape index (κ3) is 4.53. The van der Waals surface area contributed by atoms with Gasteiger partial charge in [-0.15, -0.1) is 11.3 Å². The van der Waals surface area contributed by atoms with Gasteiger partial charge in [0.2, 0.25) is 0 Å². The molecule has 32 heavy (non-hydrogen) atoms. The fraction of sp³-hybridized carbons (Fsp3) is 0.222. The van der Waals surface area contributed by atoms with E-state index in [2.05, 4.69) is 9.72 Å². The summed E-state index contributed by atoms with van der Waals surface area (Å²) >= 11 is 7.02. The van der Waals surface area contributed by atoms with E-state index in [0.29, 0.717) is 5.01 Å². The monoisotopic (exact) mass is 493 g/mol. The summed E-state index contributed by atoms with van der Waals surface area (Å²) in [6.45, 7) is -0.216. The molecule has 14 heteroatoms. The highest BCUT2D eigenvalue weighted by atomic mass is 35.5. The summed E-state index contributed by atoms with van der Waals surface area (Å²) in [6, 6.07) is 1.83. The fourth-order valence-electron chi connectivity index (χ4n) is 2.63. The van der Waals surface area contributed by atoms with Gasteiger partial charge in [-0.3, -0.25) is 9.36 Å². The second kappa shape index (κ2) is 8.74. The number of rotatable bonds is 5. The average Bonchev–Trinajstić information content (AvgIpc) is 3.19. The number of esters is 1. The van der Waals surface area contributed by atoms with E-state index < -0.39 is 40.6 Å². The zero-order chi connectivity index (χ0) is 23.8. The Kier molecular flexibility index (Phi) is 6.41. The van der Waals surface area contributed by atoms with E-state index >= 15 is 0 Å². The summed E-state index contributed by atoms with van der Waals surface area (Å²) in [5, 5.41) is 1.52. The first kappa shape index (κ1) is 23.5. The van der Waals surface area contributed by atoms with Crippen LogP contribution in [0.4, 0.5) is 17.6 Å². The number of ether oxygens (including phenoxy) is 2. The predicted octanol–water partition coefficient (Wildman–Crippen LogP) is 3.17. The van der Waals surface area contributed by atoms with E-state index in [1.807, 2.05) is 0 Å². The van der Waals surface area contributed by atoms with Crippen molar-refractivity contribution in [1.82, 2.24) is 14.1 Å². The first-order valence-electron chi connectivity index (χ1n) is 8.49. The minimum Gasteiger partial charge on any atom is -0.485 e. The van der Waals surface area contributed by atoms with Crippen LogP contribution in [0, 0.1) is 5.82 Å². The van der Waals surface area contributed by atoms with Gasteiger partial charge >= 0.3 is 17.8 Å². The molecule has 3 rings (SSSR count). The van der Waals surface area contributed by atoms with E-state index in [4.69, 9.17) is 16.3 Å². The van der Waals surface area contributed by atoms with Crippen molar-refractivity contribution in [2.24, 2.45) is 7.05 Å². The van der Waals surface area contributed by atoms with Crippen LogP contribution in [0.2, 0.25) is 5.02 Å². The molecule has 0 saturated heterocycles. The second-order valence-electron chi connectivity index (χ2n) is 6.18. The van der Waals surface area contributed by atoms with Gasteiger partial charge in [-0.2, -0.15) is 13.2 Å². The highest BCUT2D eigenvalue weighted by molar-refractivity contribution is 7.09. The fourth-order valence-corrected chi connectivity index (χ4v) is 3.51. The quantitative estimate of drug-likeness (QED) is 0.400. The van der Waals surface area contributed by atoms with Crippen LogP contribution in [0.25, 0.3) is 5.69 Å². The number of aromatic nitrogens is 3. The van der Waals surface area contributed by atoms with E-state index in [9.17, 15) is 31.9 Å². The Labute approximate surface area is 185 Å². The number of benzene rings is 1. The number of alkyl halides is 3. The van der Waals surface area contributed by atoms with Crippen molar-refractivity contribution in [3.63, 3.8) is 0 Å². The lowest BCUT2D eigenvalue weighted by Crippen LogP contribution is -2.41. The Morgan fingerprint density at radius 3 is 2.56 bits per heavy atom. The minimum absolute atomic E-state index is 0.0433. The lowest BCUT2D eigenvalue weighted by atomic mass is 10.2. The molecule has 0 saturated carbocycles. The molecule has 0 aliphatic heterocycles. The molecule has 0 N–H and O–H groups in total. The Hall–Kier alpha value is -3.19. The molecule has 3 aromatic rings. The Bertz CT molecular complexity index is 1320. The molecule has 0 aliphatic rings. The minimum atomic E-state index is -4.96. The largest absolute Gasteiger partial charge is 0.485 e. The van der Waals surface area contributed by atoms with Gasteiger partial charge in [0.25, 0.3) is 5.56 Å². The molecule has 170 valence electrons. The number of hydrogen-bond donors (Lipinski definition) is 0. The molecule has 0 atom stereocenters. The molecule has 0 amide bonds. The summed E-state index contributed by atoms with van der Waals surface area (Å²) in [5.41, 5.74) is -4.91. The molecule has 8 nitrogen and oxygen atoms in total. The highest BCUT2D eigenvalue weighted by Gasteiger charge is 2.35. The van der Waals surface area contributed by atoms with Crippen LogP contribution < -0.4 is 16.0 Å². The molecule has 0 spiro atoms. The van der Waals surface area contributed by atoms with Gasteiger partial charge in [0.1, 0.15) is 28.9 Å². The van der Waals surface area contributed by atoms with Gasteiger partial charge in [0.15, 0.2) is 5.69 Å². The van der Waals surface area contributed by atoms with Gasteiger partial charge in [0, 0.05) is 24.6 Å². The molecule has 0 aliphatic carbocycles. The van der Waals surface area contributed by atoms with Gasteiger partial charge in [-0.25, -0.2) is 23.5 Å². The predicted molar refractivity (Wildman–Crippen MR) is 105 cm³/mol. The summed E-state index contributed by atoms with van der Waals surface area (Å²) < 4.78 is 64.0. The zero-order valence-corrected chi connectivity index (χ0v) is 17.8. The van der Waals surface area contributed by atoms with Crippen LogP contribution in [0.5, 0.6) is 5.75 Å². The average molecular weight is 494 g/mol. The molecular weight excluding hydrogens is 482 g/mol. The number of hydrogen-bond acceptors (Lipinski definition) is 7. The number of halogens is 5. The van der Waals surface area contributed by atoms with Crippen molar-refractivity contribution < 1.29 is 31.8 Å². The number of carbonyl (C=O) groups excluding carboxylic acids is 1. The Morgan fingerprint density at radius 1 is 1.25 bits per heavy atom. The molecule has 0 radical (unpaired) electrons. The maximum Gasteiger partial charge on any atom is 0.431 e. The van der Waals surface area contributed by atoms with Crippen LogP contribution in [0.1, 0.15) is 21.2 Å². The lowest BCUT2D eigenvalue weighted by Gasteiger charge is -2.15. The Morgan fingerprint density at radius 2 is 1.94 bits per heavy atom. The van der Waals surface area contributed by atoms with Gasteiger partial charge < -0.3 is 9.47 Å². The van der Waals surface area contributed by atoms with Gasteiger partial charge in [-0.1, -0.05) is 11.6 Å². The van der Waals surface area contributed by atoms with Crippen molar-refractivity contribution in [2.75, 3.05) is 7.11 Å². The van der Waals surface area contributed by atoms with Crippen molar-refractivity contribution >= 4 is 28.9 Å². The van der Waals surface area contributed by atoms with Crippen LogP contribution in [-0.2, 0) is 24.6 Å². The van der Waals surface area contributed by atoms with Crippen LogP contribution in [0.15, 0.2) is 33.2 Å². The first-order valence-corrected chi connectivity index (χ1v) is 9.75. The van der Waals surface area contributed by atoms with E-state index in [1.165, 1.54) is 12.5 Å². The van der Waals surface area contributed by atoms with Crippen molar-refractivity contribution in [2.45, 2.75) is 12.8 Å². The first-order chi connectivity index (χ1) is 14.9.